The molecule has 140 valence electrons. The maximum atomic E-state index is 2.41. The van der Waals surface area contributed by atoms with Gasteiger partial charge in [0.25, 0.3) is 0 Å². The van der Waals surface area contributed by atoms with E-state index >= 15 is 0 Å². The molecule has 0 amide bonds. The monoisotopic (exact) mass is 348 g/mol. The van der Waals surface area contributed by atoms with E-state index in [2.05, 4.69) is 68.4 Å². The summed E-state index contributed by atoms with van der Waals surface area (Å²) in [4.78, 5) is 0. The summed E-state index contributed by atoms with van der Waals surface area (Å²) in [6, 6.07) is 20.5. The Morgan fingerprint density at radius 2 is 1.54 bits per heavy atom. The Hall–Kier alpha value is -1.56. The predicted octanol–water partition coefficient (Wildman–Crippen LogP) is 7.89. The molecule has 1 unspecified atom stereocenters. The van der Waals surface area contributed by atoms with Crippen LogP contribution in [0.3, 0.4) is 0 Å². The number of hydrogen-bond donors (Lipinski definition) is 0. The van der Waals surface area contributed by atoms with Crippen LogP contribution in [-0.4, -0.2) is 0 Å². The molecule has 1 saturated carbocycles. The van der Waals surface area contributed by atoms with Crippen LogP contribution in [0.1, 0.15) is 93.7 Å². The van der Waals surface area contributed by atoms with Gasteiger partial charge < -0.3 is 0 Å². The Balaban J connectivity index is 1.49. The Kier molecular flexibility index (Phi) is 7.35. The first-order valence-corrected chi connectivity index (χ1v) is 10.9. The zero-order valence-corrected chi connectivity index (χ0v) is 16.8. The van der Waals surface area contributed by atoms with Gasteiger partial charge in [0.1, 0.15) is 0 Å². The first-order valence-electron chi connectivity index (χ1n) is 10.9. The van der Waals surface area contributed by atoms with Gasteiger partial charge in [-0.25, -0.2) is 0 Å². The molecule has 0 heterocycles. The van der Waals surface area contributed by atoms with Gasteiger partial charge in [0.2, 0.25) is 0 Å². The molecule has 3 rings (SSSR count). The van der Waals surface area contributed by atoms with Crippen molar-refractivity contribution in [2.24, 2.45) is 5.92 Å². The molecular weight excluding hydrogens is 312 g/mol. The third-order valence-corrected chi connectivity index (χ3v) is 6.42. The van der Waals surface area contributed by atoms with E-state index in [1.807, 2.05) is 0 Å². The molecule has 1 aliphatic rings. The van der Waals surface area contributed by atoms with Crippen molar-refractivity contribution in [1.82, 2.24) is 0 Å². The highest BCUT2D eigenvalue weighted by molar-refractivity contribution is 5.28. The van der Waals surface area contributed by atoms with Gasteiger partial charge >= 0.3 is 0 Å². The molecule has 0 radical (unpaired) electrons. The molecule has 0 saturated heterocycles. The van der Waals surface area contributed by atoms with Crippen molar-refractivity contribution in [3.8, 4) is 0 Å². The maximum Gasteiger partial charge on any atom is -0.0150 e. The minimum Gasteiger partial charge on any atom is -0.0654 e. The second kappa shape index (κ2) is 9.95. The van der Waals surface area contributed by atoms with E-state index in [4.69, 9.17) is 0 Å². The summed E-state index contributed by atoms with van der Waals surface area (Å²) < 4.78 is 0. The highest BCUT2D eigenvalue weighted by Gasteiger charge is 2.22. The van der Waals surface area contributed by atoms with Crippen molar-refractivity contribution in [3.05, 3.63) is 71.3 Å². The average molecular weight is 349 g/mol. The van der Waals surface area contributed by atoms with Crippen LogP contribution in [0.5, 0.6) is 0 Å². The lowest BCUT2D eigenvalue weighted by atomic mass is 9.77. The second-order valence-corrected chi connectivity index (χ2v) is 8.47. The lowest BCUT2D eigenvalue weighted by molar-refractivity contribution is 0.303. The van der Waals surface area contributed by atoms with E-state index < -0.39 is 0 Å². The molecular formula is C26H36. The van der Waals surface area contributed by atoms with Gasteiger partial charge in [0, 0.05) is 0 Å². The van der Waals surface area contributed by atoms with Crippen molar-refractivity contribution in [1.29, 1.82) is 0 Å². The van der Waals surface area contributed by atoms with Crippen molar-refractivity contribution in [3.63, 3.8) is 0 Å². The van der Waals surface area contributed by atoms with Crippen molar-refractivity contribution in [2.75, 3.05) is 0 Å². The summed E-state index contributed by atoms with van der Waals surface area (Å²) >= 11 is 0. The number of hydrogen-bond acceptors (Lipinski definition) is 0. The minimum atomic E-state index is 0.584. The highest BCUT2D eigenvalue weighted by atomic mass is 14.3. The number of unbranched alkanes of at least 4 members (excludes halogenated alkanes) is 2. The largest absolute Gasteiger partial charge is 0.0654 e. The predicted molar refractivity (Wildman–Crippen MR) is 114 cm³/mol. The summed E-state index contributed by atoms with van der Waals surface area (Å²) in [6.45, 7) is 4.64. The molecule has 1 fully saturated rings. The molecule has 0 heteroatoms. The second-order valence-electron chi connectivity index (χ2n) is 8.47. The fourth-order valence-electron chi connectivity index (χ4n) is 4.65. The van der Waals surface area contributed by atoms with Crippen LogP contribution in [0.15, 0.2) is 54.6 Å². The molecule has 26 heavy (non-hydrogen) atoms. The van der Waals surface area contributed by atoms with E-state index in [0.29, 0.717) is 5.92 Å². The molecule has 1 atom stereocenters. The fourth-order valence-corrected chi connectivity index (χ4v) is 4.65. The molecule has 0 aromatic heterocycles. The van der Waals surface area contributed by atoms with Gasteiger partial charge in [0.15, 0.2) is 0 Å². The van der Waals surface area contributed by atoms with E-state index in [1.165, 1.54) is 62.5 Å². The Bertz CT molecular complexity index is 617. The van der Waals surface area contributed by atoms with Crippen LogP contribution >= 0.6 is 0 Å². The topological polar surface area (TPSA) is 0 Å². The lowest BCUT2D eigenvalue weighted by Crippen LogP contribution is -2.13. The number of benzene rings is 2. The van der Waals surface area contributed by atoms with E-state index in [1.54, 1.807) is 5.56 Å². The summed E-state index contributed by atoms with van der Waals surface area (Å²) in [7, 11) is 0. The smallest absolute Gasteiger partial charge is 0.0150 e. The quantitative estimate of drug-likeness (QED) is 0.425. The zero-order valence-electron chi connectivity index (χ0n) is 16.8. The van der Waals surface area contributed by atoms with Crippen LogP contribution in [0.4, 0.5) is 0 Å². The summed E-state index contributed by atoms with van der Waals surface area (Å²) in [6.07, 6.45) is 12.5. The first-order chi connectivity index (χ1) is 12.8. The summed E-state index contributed by atoms with van der Waals surface area (Å²) in [5.74, 6) is 2.39. The fraction of sp³-hybridized carbons (Fsp3) is 0.538. The Morgan fingerprint density at radius 3 is 2.19 bits per heavy atom. The van der Waals surface area contributed by atoms with Crippen molar-refractivity contribution < 1.29 is 0 Å². The molecule has 0 bridgehead atoms. The van der Waals surface area contributed by atoms with Crippen LogP contribution in [0.2, 0.25) is 0 Å². The van der Waals surface area contributed by atoms with Gasteiger partial charge in [-0.15, -0.1) is 0 Å². The molecule has 2 aromatic carbocycles. The maximum absolute atomic E-state index is 2.41. The zero-order chi connectivity index (χ0) is 18.2. The van der Waals surface area contributed by atoms with Crippen molar-refractivity contribution >= 4 is 0 Å². The van der Waals surface area contributed by atoms with Crippen LogP contribution < -0.4 is 0 Å². The number of rotatable bonds is 8. The summed E-state index contributed by atoms with van der Waals surface area (Å²) in [5, 5.41) is 0. The first kappa shape index (κ1) is 19.2. The Labute approximate surface area is 161 Å². The third-order valence-electron chi connectivity index (χ3n) is 6.42. The minimum absolute atomic E-state index is 0.584. The lowest BCUT2D eigenvalue weighted by Gasteiger charge is -2.29. The molecule has 0 N–H and O–H groups in total. The normalized spacial score (nSPS) is 21.5. The van der Waals surface area contributed by atoms with Crippen molar-refractivity contribution in [2.45, 2.75) is 83.5 Å². The van der Waals surface area contributed by atoms with Gasteiger partial charge in [-0.05, 0) is 66.5 Å². The van der Waals surface area contributed by atoms with E-state index in [0.717, 1.165) is 18.3 Å². The van der Waals surface area contributed by atoms with Gasteiger partial charge in [-0.3, -0.25) is 0 Å². The molecule has 2 aromatic rings. The van der Waals surface area contributed by atoms with E-state index in [9.17, 15) is 0 Å². The molecule has 0 nitrogen and oxygen atoms in total. The standard InChI is InChI=1S/C26H36/c1-3-4-6-9-22-12-16-25(17-13-22)26-18-14-23(15-19-26)20-21(2)24-10-7-5-8-11-24/h5,7-8,10-11,14-15,18-19,21-22,25H,3-4,6,9,12-13,16-17,20H2,1-2H3. The van der Waals surface area contributed by atoms with E-state index in [-0.39, 0.29) is 0 Å². The highest BCUT2D eigenvalue weighted by Crippen LogP contribution is 2.38. The molecule has 1 aliphatic carbocycles. The summed E-state index contributed by atoms with van der Waals surface area (Å²) in [5.41, 5.74) is 4.49. The van der Waals surface area contributed by atoms with Crippen LogP contribution in [0.25, 0.3) is 0 Å². The van der Waals surface area contributed by atoms with Gasteiger partial charge in [-0.2, -0.15) is 0 Å². The average Bonchev–Trinajstić information content (AvgIpc) is 2.70. The third kappa shape index (κ3) is 5.47. The van der Waals surface area contributed by atoms with Gasteiger partial charge in [0.05, 0.1) is 0 Å². The van der Waals surface area contributed by atoms with Crippen LogP contribution in [-0.2, 0) is 6.42 Å². The van der Waals surface area contributed by atoms with Crippen LogP contribution in [0, 0.1) is 5.92 Å². The SMILES string of the molecule is CCCCCC1CCC(c2ccc(CC(C)c3ccccc3)cc2)CC1. The molecule has 0 spiro atoms. The Morgan fingerprint density at radius 1 is 0.846 bits per heavy atom. The molecule has 0 aliphatic heterocycles. The van der Waals surface area contributed by atoms with Gasteiger partial charge in [-0.1, -0.05) is 94.1 Å².